The van der Waals surface area contributed by atoms with Crippen LogP contribution >= 0.6 is 11.8 Å². The zero-order chi connectivity index (χ0) is 33.1. The normalized spacial score (nSPS) is 16.9. The fraction of sp³-hybridized carbons (Fsp3) is 0.579. The SMILES string of the molecule is C=Cc1ccc(CSC(F)(C(F)(F)F)C(F)(F)C(F)(F)C(F)(F)C(F)(F)C(F)(F)C(F)(F)C(F)(F)C(F)(F)F)cc1. The van der Waals surface area contributed by atoms with Gasteiger partial charge in [-0.25, -0.2) is 4.39 Å². The van der Waals surface area contributed by atoms with Gasteiger partial charge in [0.25, 0.3) is 0 Å². The molecule has 0 radical (unpaired) electrons. The Kier molecular flexibility index (Phi) is 9.20. The fourth-order valence-electron chi connectivity index (χ4n) is 2.65. The zero-order valence-electron chi connectivity index (χ0n) is 18.6. The highest BCUT2D eigenvalue weighted by Crippen LogP contribution is 2.67. The summed E-state index contributed by atoms with van der Waals surface area (Å²) in [7, 11) is 0. The second-order valence-corrected chi connectivity index (χ2v) is 8.99. The molecule has 0 aliphatic rings. The summed E-state index contributed by atoms with van der Waals surface area (Å²) >= 11 is -2.05. The number of hydrogen-bond donors (Lipinski definition) is 0. The summed E-state index contributed by atoms with van der Waals surface area (Å²) in [5.41, 5.74) is -0.516. The van der Waals surface area contributed by atoms with Crippen molar-refractivity contribution in [2.75, 3.05) is 0 Å². The molecule has 22 heteroatoms. The molecule has 238 valence electrons. The Hall–Kier alpha value is -2.16. The minimum absolute atomic E-state index is 0.161. The molecule has 0 N–H and O–H groups in total. The summed E-state index contributed by atoms with van der Waals surface area (Å²) in [6.45, 7) is 3.21. The van der Waals surface area contributed by atoms with Gasteiger partial charge in [-0.3, -0.25) is 0 Å². The molecule has 1 rings (SSSR count). The molecule has 0 amide bonds. The van der Waals surface area contributed by atoms with Gasteiger partial charge in [-0.15, -0.1) is 11.8 Å². The van der Waals surface area contributed by atoms with Gasteiger partial charge in [-0.05, 0) is 11.1 Å². The van der Waals surface area contributed by atoms with Gasteiger partial charge in [0.05, 0.1) is 0 Å². The number of rotatable bonds is 11. The Bertz CT molecular complexity index is 1080. The van der Waals surface area contributed by atoms with E-state index in [4.69, 9.17) is 0 Å². The van der Waals surface area contributed by atoms with E-state index in [2.05, 4.69) is 6.58 Å². The molecular formula is C19H9F21S. The lowest BCUT2D eigenvalue weighted by molar-refractivity contribution is -0.467. The summed E-state index contributed by atoms with van der Waals surface area (Å²) < 4.78 is 281. The molecule has 0 heterocycles. The van der Waals surface area contributed by atoms with Crippen LogP contribution in [-0.2, 0) is 5.75 Å². The first-order valence-electron chi connectivity index (χ1n) is 9.58. The van der Waals surface area contributed by atoms with E-state index in [0.29, 0.717) is 12.1 Å². The van der Waals surface area contributed by atoms with Crippen LogP contribution < -0.4 is 0 Å². The highest BCUT2D eigenvalue weighted by Gasteiger charge is 2.97. The quantitative estimate of drug-likeness (QED) is 0.212. The summed E-state index contributed by atoms with van der Waals surface area (Å²) in [5.74, 6) is -63.6. The third-order valence-corrected chi connectivity index (χ3v) is 6.51. The largest absolute Gasteiger partial charge is 0.460 e. The molecule has 0 aromatic heterocycles. The molecule has 1 unspecified atom stereocenters. The van der Waals surface area contributed by atoms with E-state index in [0.717, 1.165) is 18.2 Å². The molecule has 0 saturated heterocycles. The Morgan fingerprint density at radius 2 is 0.780 bits per heavy atom. The fourth-order valence-corrected chi connectivity index (χ4v) is 3.68. The number of thioether (sulfide) groups is 1. The molecule has 1 aromatic rings. The lowest BCUT2D eigenvalue weighted by Gasteiger charge is -2.45. The number of hydrogen-bond acceptors (Lipinski definition) is 1. The summed E-state index contributed by atoms with van der Waals surface area (Å²) in [4.78, 5) is 0. The third-order valence-electron chi connectivity index (χ3n) is 5.14. The second-order valence-electron chi connectivity index (χ2n) is 7.85. The van der Waals surface area contributed by atoms with Crippen LogP contribution in [0.15, 0.2) is 30.8 Å². The van der Waals surface area contributed by atoms with Crippen LogP contribution in [0.4, 0.5) is 92.2 Å². The van der Waals surface area contributed by atoms with E-state index in [9.17, 15) is 92.2 Å². The predicted octanol–water partition coefficient (Wildman–Crippen LogP) is 9.80. The Morgan fingerprint density at radius 3 is 1.07 bits per heavy atom. The highest BCUT2D eigenvalue weighted by molar-refractivity contribution is 7.99. The summed E-state index contributed by atoms with van der Waals surface area (Å²) in [6, 6.07) is 3.28. The van der Waals surface area contributed by atoms with E-state index in [-0.39, 0.29) is 5.56 Å². The van der Waals surface area contributed by atoms with E-state index in [1.807, 2.05) is 0 Å². The molecular weight excluding hydrogens is 659 g/mol. The predicted molar refractivity (Wildman–Crippen MR) is 98.4 cm³/mol. The number of halogens is 21. The lowest BCUT2D eigenvalue weighted by atomic mass is 9.87. The number of alkyl halides is 21. The monoisotopic (exact) mass is 668 g/mol. The van der Waals surface area contributed by atoms with E-state index < -0.39 is 81.9 Å². The van der Waals surface area contributed by atoms with Crippen LogP contribution in [0.1, 0.15) is 11.1 Å². The van der Waals surface area contributed by atoms with Gasteiger partial charge in [-0.1, -0.05) is 36.9 Å². The average molecular weight is 668 g/mol. The van der Waals surface area contributed by atoms with E-state index in [1.54, 1.807) is 0 Å². The third kappa shape index (κ3) is 5.18. The van der Waals surface area contributed by atoms with E-state index in [1.165, 1.54) is 0 Å². The molecule has 41 heavy (non-hydrogen) atoms. The molecule has 0 saturated carbocycles. The van der Waals surface area contributed by atoms with Crippen LogP contribution in [-0.4, -0.2) is 58.8 Å². The lowest BCUT2D eigenvalue weighted by Crippen LogP contribution is -2.76. The number of benzene rings is 1. The highest BCUT2D eigenvalue weighted by atomic mass is 32.2. The van der Waals surface area contributed by atoms with Crippen LogP contribution in [0.25, 0.3) is 6.08 Å². The minimum atomic E-state index is -9.14. The van der Waals surface area contributed by atoms with Gasteiger partial charge in [0.2, 0.25) is 0 Å². The summed E-state index contributed by atoms with van der Waals surface area (Å²) in [6.07, 6.45) is -14.4. The van der Waals surface area contributed by atoms with Gasteiger partial charge in [-0.2, -0.15) is 87.8 Å². The van der Waals surface area contributed by atoms with E-state index >= 15 is 0 Å². The standard InChI is InChI=1S/C19H9F21S/c1-2-8-3-5-9(6-4-8)7-41-17(34,19(38,39)40)15(30,31)13(26,27)11(22,23)10(20,21)12(24,25)14(28,29)16(32,33)18(35,36)37/h2-6H,1,7H2. The van der Waals surface area contributed by atoms with Crippen molar-refractivity contribution in [1.29, 1.82) is 0 Å². The van der Waals surface area contributed by atoms with Crippen molar-refractivity contribution >= 4 is 17.8 Å². The molecule has 0 nitrogen and oxygen atoms in total. The first-order chi connectivity index (χ1) is 17.8. The van der Waals surface area contributed by atoms with Crippen molar-refractivity contribution in [2.24, 2.45) is 0 Å². The first kappa shape index (κ1) is 36.9. The van der Waals surface area contributed by atoms with Gasteiger partial charge < -0.3 is 0 Å². The van der Waals surface area contributed by atoms with Crippen molar-refractivity contribution in [1.82, 2.24) is 0 Å². The zero-order valence-corrected chi connectivity index (χ0v) is 19.5. The van der Waals surface area contributed by atoms with Crippen molar-refractivity contribution in [2.45, 2.75) is 64.6 Å². The van der Waals surface area contributed by atoms with Gasteiger partial charge in [0.15, 0.2) is 0 Å². The van der Waals surface area contributed by atoms with Gasteiger partial charge in [0.1, 0.15) is 0 Å². The average Bonchev–Trinajstić information content (AvgIpc) is 2.80. The van der Waals surface area contributed by atoms with Crippen LogP contribution in [0, 0.1) is 0 Å². The van der Waals surface area contributed by atoms with Gasteiger partial charge in [0, 0.05) is 5.75 Å². The maximum absolute atomic E-state index is 14.6. The Balaban J connectivity index is 3.76. The van der Waals surface area contributed by atoms with Crippen molar-refractivity contribution in [3.05, 3.63) is 42.0 Å². The first-order valence-corrected chi connectivity index (χ1v) is 10.6. The van der Waals surface area contributed by atoms with Crippen molar-refractivity contribution < 1.29 is 92.2 Å². The molecule has 0 aliphatic heterocycles. The second kappa shape index (κ2) is 10.2. The molecule has 0 bridgehead atoms. The summed E-state index contributed by atoms with van der Waals surface area (Å²) in [5, 5.41) is -7.15. The maximum Gasteiger partial charge on any atom is 0.460 e. The van der Waals surface area contributed by atoms with Crippen LogP contribution in [0.2, 0.25) is 0 Å². The molecule has 1 atom stereocenters. The van der Waals surface area contributed by atoms with Crippen LogP contribution in [0.3, 0.4) is 0 Å². The smallest absolute Gasteiger partial charge is 0.215 e. The van der Waals surface area contributed by atoms with Gasteiger partial charge >= 0.3 is 58.8 Å². The maximum atomic E-state index is 14.6. The van der Waals surface area contributed by atoms with Crippen LogP contribution in [0.5, 0.6) is 0 Å². The molecule has 0 fully saturated rings. The minimum Gasteiger partial charge on any atom is -0.215 e. The Labute approximate surface area is 217 Å². The van der Waals surface area contributed by atoms with Crippen molar-refractivity contribution in [3.8, 4) is 0 Å². The molecule has 0 aliphatic carbocycles. The molecule has 0 spiro atoms. The van der Waals surface area contributed by atoms with Crippen molar-refractivity contribution in [3.63, 3.8) is 0 Å². The molecule has 1 aromatic carbocycles. The topological polar surface area (TPSA) is 0 Å². The Morgan fingerprint density at radius 1 is 0.463 bits per heavy atom.